The molecule has 2 amide bonds. The third kappa shape index (κ3) is 2.45. The van der Waals surface area contributed by atoms with Gasteiger partial charge in [0.05, 0.1) is 0 Å². The summed E-state index contributed by atoms with van der Waals surface area (Å²) >= 11 is 0. The zero-order valence-electron chi connectivity index (χ0n) is 11.4. The van der Waals surface area contributed by atoms with E-state index in [4.69, 9.17) is 4.42 Å². The minimum absolute atomic E-state index is 0.233. The van der Waals surface area contributed by atoms with Gasteiger partial charge in [0.2, 0.25) is 0 Å². The molecule has 0 aliphatic rings. The van der Waals surface area contributed by atoms with Gasteiger partial charge in [-0.25, -0.2) is 9.59 Å². The summed E-state index contributed by atoms with van der Waals surface area (Å²) in [5.74, 6) is 0. The van der Waals surface area contributed by atoms with E-state index in [1.165, 1.54) is 9.80 Å². The van der Waals surface area contributed by atoms with Gasteiger partial charge < -0.3 is 9.32 Å². The van der Waals surface area contributed by atoms with Crippen molar-refractivity contribution in [2.24, 2.45) is 0 Å². The molecule has 0 N–H and O–H groups in total. The molecule has 0 saturated carbocycles. The molecule has 0 radical (unpaired) electrons. The van der Waals surface area contributed by atoms with Crippen molar-refractivity contribution in [2.75, 3.05) is 26.0 Å². The molecule has 1 heterocycles. The first-order chi connectivity index (χ1) is 8.90. The summed E-state index contributed by atoms with van der Waals surface area (Å²) in [5.41, 5.74) is 1.30. The van der Waals surface area contributed by atoms with Crippen molar-refractivity contribution >= 4 is 22.7 Å². The smallest absolute Gasteiger partial charge is 0.360 e. The van der Waals surface area contributed by atoms with Crippen molar-refractivity contribution in [1.82, 2.24) is 4.90 Å². The van der Waals surface area contributed by atoms with Gasteiger partial charge in [-0.3, -0.25) is 4.90 Å². The highest BCUT2D eigenvalue weighted by Gasteiger charge is 2.17. The summed E-state index contributed by atoms with van der Waals surface area (Å²) < 4.78 is 5.23. The summed E-state index contributed by atoms with van der Waals surface area (Å²) in [6, 6.07) is 6.94. The normalized spacial score (nSPS) is 10.5. The van der Waals surface area contributed by atoms with Crippen LogP contribution >= 0.6 is 0 Å². The van der Waals surface area contributed by atoms with E-state index in [2.05, 4.69) is 0 Å². The Morgan fingerprint density at radius 2 is 1.84 bits per heavy atom. The number of fused-ring (bicyclic) bond motifs is 1. The van der Waals surface area contributed by atoms with Crippen LogP contribution in [0.5, 0.6) is 0 Å². The van der Waals surface area contributed by atoms with Crippen LogP contribution in [0.25, 0.3) is 11.0 Å². The molecular weight excluding hydrogens is 244 g/mol. The molecule has 5 nitrogen and oxygen atoms in total. The fourth-order valence-corrected chi connectivity index (χ4v) is 1.87. The average Bonchev–Trinajstić information content (AvgIpc) is 2.36. The molecule has 2 aromatic rings. The van der Waals surface area contributed by atoms with E-state index in [1.807, 2.05) is 19.1 Å². The number of rotatable bonds is 1. The third-order valence-electron chi connectivity index (χ3n) is 2.90. The molecule has 0 atom stereocenters. The molecule has 0 aliphatic carbocycles. The predicted molar refractivity (Wildman–Crippen MR) is 74.7 cm³/mol. The number of anilines is 1. The van der Waals surface area contributed by atoms with Crippen molar-refractivity contribution in [1.29, 1.82) is 0 Å². The summed E-state index contributed by atoms with van der Waals surface area (Å²) in [6.07, 6.45) is 0. The van der Waals surface area contributed by atoms with E-state index in [1.54, 1.807) is 33.3 Å². The van der Waals surface area contributed by atoms with Crippen LogP contribution in [0.15, 0.2) is 33.5 Å². The van der Waals surface area contributed by atoms with Crippen LogP contribution < -0.4 is 10.5 Å². The minimum Gasteiger partial charge on any atom is -0.421 e. The first-order valence-electron chi connectivity index (χ1n) is 5.89. The molecular formula is C14H16N2O3. The van der Waals surface area contributed by atoms with Crippen LogP contribution in [0.2, 0.25) is 0 Å². The first-order valence-corrected chi connectivity index (χ1v) is 5.89. The molecule has 2 rings (SSSR count). The van der Waals surface area contributed by atoms with Crippen molar-refractivity contribution < 1.29 is 9.21 Å². The van der Waals surface area contributed by atoms with Crippen molar-refractivity contribution in [3.05, 3.63) is 40.2 Å². The SMILES string of the molecule is Cc1ccc2oc(=O)c(N(C)C(=O)N(C)C)cc2c1. The molecule has 5 heteroatoms. The van der Waals surface area contributed by atoms with Gasteiger partial charge in [0.1, 0.15) is 11.3 Å². The maximum atomic E-state index is 11.9. The molecule has 0 bridgehead atoms. The number of hydrogen-bond acceptors (Lipinski definition) is 3. The van der Waals surface area contributed by atoms with Gasteiger partial charge in [-0.05, 0) is 25.1 Å². The summed E-state index contributed by atoms with van der Waals surface area (Å²) in [6.45, 7) is 1.96. The van der Waals surface area contributed by atoms with Gasteiger partial charge in [-0.2, -0.15) is 0 Å². The molecule has 1 aromatic carbocycles. The lowest BCUT2D eigenvalue weighted by atomic mass is 10.1. The molecule has 0 fully saturated rings. The zero-order chi connectivity index (χ0) is 14.2. The lowest BCUT2D eigenvalue weighted by Gasteiger charge is -2.20. The highest BCUT2D eigenvalue weighted by atomic mass is 16.4. The van der Waals surface area contributed by atoms with Gasteiger partial charge in [0.15, 0.2) is 0 Å². The molecule has 0 aliphatic heterocycles. The Bertz CT molecular complexity index is 689. The maximum Gasteiger partial charge on any atom is 0.360 e. The van der Waals surface area contributed by atoms with Gasteiger partial charge >= 0.3 is 11.7 Å². The van der Waals surface area contributed by atoms with Crippen LogP contribution in [0.3, 0.4) is 0 Å². The molecule has 0 spiro atoms. The summed E-state index contributed by atoms with van der Waals surface area (Å²) in [7, 11) is 4.81. The van der Waals surface area contributed by atoms with Crippen LogP contribution in [0, 0.1) is 6.92 Å². The lowest BCUT2D eigenvalue weighted by molar-refractivity contribution is 0.225. The van der Waals surface area contributed by atoms with E-state index in [-0.39, 0.29) is 11.7 Å². The third-order valence-corrected chi connectivity index (χ3v) is 2.90. The second-order valence-corrected chi connectivity index (χ2v) is 4.70. The van der Waals surface area contributed by atoms with E-state index < -0.39 is 5.63 Å². The van der Waals surface area contributed by atoms with E-state index in [9.17, 15) is 9.59 Å². The number of carbonyl (C=O) groups excluding carboxylic acids is 1. The standard InChI is InChI=1S/C14H16N2O3/c1-9-5-6-12-10(7-9)8-11(13(17)19-12)16(4)14(18)15(2)3/h5-8H,1-4H3. The second kappa shape index (κ2) is 4.76. The van der Waals surface area contributed by atoms with Crippen molar-refractivity contribution in [2.45, 2.75) is 6.92 Å². The zero-order valence-corrected chi connectivity index (χ0v) is 11.4. The highest BCUT2D eigenvalue weighted by Crippen LogP contribution is 2.19. The Kier molecular flexibility index (Phi) is 3.29. The highest BCUT2D eigenvalue weighted by molar-refractivity contribution is 5.93. The van der Waals surface area contributed by atoms with Crippen molar-refractivity contribution in [3.63, 3.8) is 0 Å². The molecule has 0 unspecified atom stereocenters. The quantitative estimate of drug-likeness (QED) is 0.739. The fourth-order valence-electron chi connectivity index (χ4n) is 1.87. The Labute approximate surface area is 111 Å². The number of carbonyl (C=O) groups is 1. The van der Waals surface area contributed by atoms with E-state index in [0.29, 0.717) is 5.58 Å². The second-order valence-electron chi connectivity index (χ2n) is 4.70. The predicted octanol–water partition coefficient (Wildman–Crippen LogP) is 2.22. The number of benzene rings is 1. The number of nitrogens with zero attached hydrogens (tertiary/aromatic N) is 2. The Balaban J connectivity index is 2.57. The average molecular weight is 260 g/mol. The Hall–Kier alpha value is -2.30. The van der Waals surface area contributed by atoms with Crippen LogP contribution in [0.1, 0.15) is 5.56 Å². The van der Waals surface area contributed by atoms with E-state index in [0.717, 1.165) is 10.9 Å². The molecule has 1 aromatic heterocycles. The van der Waals surface area contributed by atoms with Crippen LogP contribution in [0.4, 0.5) is 10.5 Å². The number of aryl methyl sites for hydroxylation is 1. The topological polar surface area (TPSA) is 53.8 Å². The minimum atomic E-state index is -0.519. The fraction of sp³-hybridized carbons (Fsp3) is 0.286. The number of amides is 2. The first kappa shape index (κ1) is 13.1. The van der Waals surface area contributed by atoms with Crippen LogP contribution in [-0.2, 0) is 0 Å². The molecule has 0 saturated heterocycles. The monoisotopic (exact) mass is 260 g/mol. The molecule has 100 valence electrons. The van der Waals surface area contributed by atoms with Gasteiger partial charge in [-0.15, -0.1) is 0 Å². The Morgan fingerprint density at radius 3 is 2.47 bits per heavy atom. The molecule has 19 heavy (non-hydrogen) atoms. The van der Waals surface area contributed by atoms with Crippen LogP contribution in [-0.4, -0.2) is 32.1 Å². The van der Waals surface area contributed by atoms with Gasteiger partial charge in [-0.1, -0.05) is 11.6 Å². The van der Waals surface area contributed by atoms with Gasteiger partial charge in [0, 0.05) is 26.5 Å². The van der Waals surface area contributed by atoms with Gasteiger partial charge in [0.25, 0.3) is 0 Å². The van der Waals surface area contributed by atoms with E-state index >= 15 is 0 Å². The lowest BCUT2D eigenvalue weighted by Crippen LogP contribution is -2.38. The van der Waals surface area contributed by atoms with Crippen molar-refractivity contribution in [3.8, 4) is 0 Å². The summed E-state index contributed by atoms with van der Waals surface area (Å²) in [4.78, 5) is 26.5. The Morgan fingerprint density at radius 1 is 1.16 bits per heavy atom. The largest absolute Gasteiger partial charge is 0.421 e. The number of hydrogen-bond donors (Lipinski definition) is 0. The maximum absolute atomic E-state index is 11.9. The number of urea groups is 1. The summed E-state index contributed by atoms with van der Waals surface area (Å²) in [5, 5.41) is 0.799.